The summed E-state index contributed by atoms with van der Waals surface area (Å²) >= 11 is 0. The van der Waals surface area contributed by atoms with E-state index in [1.54, 1.807) is 14.0 Å². The normalized spacial score (nSPS) is 19.4. The van der Waals surface area contributed by atoms with Crippen molar-refractivity contribution >= 4 is 11.6 Å². The molecule has 120 valence electrons. The number of fused-ring (bicyclic) bond motifs is 1. The number of carbonyl (C=O) groups is 1. The molecule has 1 N–H and O–H groups in total. The summed E-state index contributed by atoms with van der Waals surface area (Å²) < 4.78 is 5.23. The van der Waals surface area contributed by atoms with Crippen LogP contribution in [0.5, 0.6) is 5.75 Å². The molecule has 1 aliphatic heterocycles. The van der Waals surface area contributed by atoms with E-state index in [2.05, 4.69) is 29.6 Å². The molecule has 0 fully saturated rings. The molecule has 4 heteroatoms. The molecule has 0 saturated carbocycles. The maximum atomic E-state index is 11.9. The van der Waals surface area contributed by atoms with E-state index in [0.29, 0.717) is 0 Å². The first kappa shape index (κ1) is 15.4. The molecule has 0 unspecified atom stereocenters. The molecule has 2 aromatic carbocycles. The third-order valence-corrected chi connectivity index (χ3v) is 4.59. The van der Waals surface area contributed by atoms with Gasteiger partial charge in [-0.2, -0.15) is 0 Å². The van der Waals surface area contributed by atoms with E-state index in [0.717, 1.165) is 17.9 Å². The maximum Gasteiger partial charge on any atom is 0.219 e. The third-order valence-electron chi connectivity index (χ3n) is 4.59. The summed E-state index contributed by atoms with van der Waals surface area (Å²) in [7, 11) is 3.54. The zero-order valence-electron chi connectivity index (χ0n) is 13.7. The number of rotatable bonds is 3. The van der Waals surface area contributed by atoms with Gasteiger partial charge in [-0.1, -0.05) is 30.3 Å². The van der Waals surface area contributed by atoms with Crippen molar-refractivity contribution in [3.63, 3.8) is 0 Å². The van der Waals surface area contributed by atoms with Gasteiger partial charge in [-0.25, -0.2) is 0 Å². The molecular formula is C19H22N2O2. The standard InChI is InChI=1S/C19H22N2O2/c1-13(22)21(2)19-12-18(14-8-10-15(23-3)11-9-14)20-17-7-5-4-6-16(17)19/h4-11,18-20H,12H2,1-3H3/t18-,19-/m0/s1. The number of anilines is 1. The molecule has 0 aromatic heterocycles. The fourth-order valence-corrected chi connectivity index (χ4v) is 3.16. The minimum Gasteiger partial charge on any atom is -0.497 e. The largest absolute Gasteiger partial charge is 0.497 e. The van der Waals surface area contributed by atoms with Crippen LogP contribution in [-0.4, -0.2) is 25.0 Å². The van der Waals surface area contributed by atoms with Crippen LogP contribution in [0.2, 0.25) is 0 Å². The van der Waals surface area contributed by atoms with Crippen molar-refractivity contribution in [1.29, 1.82) is 0 Å². The molecule has 1 aliphatic rings. The molecule has 0 bridgehead atoms. The van der Waals surface area contributed by atoms with Crippen LogP contribution in [-0.2, 0) is 4.79 Å². The molecule has 2 aromatic rings. The minimum atomic E-state index is 0.0806. The van der Waals surface area contributed by atoms with E-state index >= 15 is 0 Å². The number of para-hydroxylation sites is 1. The van der Waals surface area contributed by atoms with Gasteiger partial charge in [-0.3, -0.25) is 4.79 Å². The average Bonchev–Trinajstić information content (AvgIpc) is 2.60. The lowest BCUT2D eigenvalue weighted by Crippen LogP contribution is -2.34. The van der Waals surface area contributed by atoms with Gasteiger partial charge < -0.3 is 15.0 Å². The fraction of sp³-hybridized carbons (Fsp3) is 0.316. The van der Waals surface area contributed by atoms with Crippen molar-refractivity contribution in [3.8, 4) is 5.75 Å². The molecular weight excluding hydrogens is 288 g/mol. The van der Waals surface area contributed by atoms with E-state index < -0.39 is 0 Å². The molecule has 1 heterocycles. The smallest absolute Gasteiger partial charge is 0.219 e. The molecule has 0 spiro atoms. The van der Waals surface area contributed by atoms with Gasteiger partial charge in [-0.15, -0.1) is 0 Å². The van der Waals surface area contributed by atoms with Gasteiger partial charge in [0, 0.05) is 19.7 Å². The van der Waals surface area contributed by atoms with Crippen LogP contribution in [0.4, 0.5) is 5.69 Å². The van der Waals surface area contributed by atoms with Crippen LogP contribution in [0.1, 0.15) is 36.6 Å². The lowest BCUT2D eigenvalue weighted by molar-refractivity contribution is -0.130. The summed E-state index contributed by atoms with van der Waals surface area (Å²) in [5.41, 5.74) is 3.47. The van der Waals surface area contributed by atoms with Crippen molar-refractivity contribution in [1.82, 2.24) is 4.90 Å². The summed E-state index contributed by atoms with van der Waals surface area (Å²) in [5, 5.41) is 3.60. The lowest BCUT2D eigenvalue weighted by atomic mass is 9.88. The van der Waals surface area contributed by atoms with Crippen LogP contribution >= 0.6 is 0 Å². The van der Waals surface area contributed by atoms with Crippen molar-refractivity contribution in [2.45, 2.75) is 25.4 Å². The Morgan fingerprint density at radius 2 is 1.87 bits per heavy atom. The first-order valence-corrected chi connectivity index (χ1v) is 7.83. The predicted octanol–water partition coefficient (Wildman–Crippen LogP) is 3.77. The summed E-state index contributed by atoms with van der Waals surface area (Å²) in [6, 6.07) is 16.6. The molecule has 0 aliphatic carbocycles. The van der Waals surface area contributed by atoms with Gasteiger partial charge in [0.1, 0.15) is 5.75 Å². The van der Waals surface area contributed by atoms with E-state index in [9.17, 15) is 4.79 Å². The quantitative estimate of drug-likeness (QED) is 0.938. The second-order valence-electron chi connectivity index (χ2n) is 5.94. The number of methoxy groups -OCH3 is 1. The molecule has 0 radical (unpaired) electrons. The van der Waals surface area contributed by atoms with Gasteiger partial charge in [-0.05, 0) is 35.7 Å². The zero-order valence-corrected chi connectivity index (χ0v) is 13.7. The topological polar surface area (TPSA) is 41.6 Å². The number of nitrogens with one attached hydrogen (secondary N) is 1. The predicted molar refractivity (Wildman–Crippen MR) is 91.6 cm³/mol. The van der Waals surface area contributed by atoms with Gasteiger partial charge in [0.2, 0.25) is 5.91 Å². The maximum absolute atomic E-state index is 11.9. The highest BCUT2D eigenvalue weighted by molar-refractivity contribution is 5.74. The van der Waals surface area contributed by atoms with E-state index in [1.807, 2.05) is 36.2 Å². The van der Waals surface area contributed by atoms with Crippen molar-refractivity contribution in [3.05, 3.63) is 59.7 Å². The average molecular weight is 310 g/mol. The van der Waals surface area contributed by atoms with Gasteiger partial charge >= 0.3 is 0 Å². The molecule has 1 amide bonds. The summed E-state index contributed by atoms with van der Waals surface area (Å²) in [6.07, 6.45) is 0.847. The van der Waals surface area contributed by atoms with Crippen molar-refractivity contribution < 1.29 is 9.53 Å². The Kier molecular flexibility index (Phi) is 4.24. The fourth-order valence-electron chi connectivity index (χ4n) is 3.16. The van der Waals surface area contributed by atoms with E-state index in [1.165, 1.54) is 11.1 Å². The minimum absolute atomic E-state index is 0.0806. The van der Waals surface area contributed by atoms with Crippen molar-refractivity contribution in [2.75, 3.05) is 19.5 Å². The monoisotopic (exact) mass is 310 g/mol. The highest BCUT2D eigenvalue weighted by Gasteiger charge is 2.30. The second-order valence-corrected chi connectivity index (χ2v) is 5.94. The van der Waals surface area contributed by atoms with E-state index in [-0.39, 0.29) is 18.0 Å². The number of benzene rings is 2. The van der Waals surface area contributed by atoms with Gasteiger partial charge in [0.25, 0.3) is 0 Å². The van der Waals surface area contributed by atoms with Crippen LogP contribution in [0, 0.1) is 0 Å². The Bertz CT molecular complexity index is 697. The molecule has 2 atom stereocenters. The first-order valence-electron chi connectivity index (χ1n) is 7.83. The number of nitrogens with zero attached hydrogens (tertiary/aromatic N) is 1. The Morgan fingerprint density at radius 3 is 2.52 bits per heavy atom. The summed E-state index contributed by atoms with van der Waals surface area (Å²) in [6.45, 7) is 1.62. The Labute approximate surface area is 137 Å². The highest BCUT2D eigenvalue weighted by Crippen LogP contribution is 2.41. The van der Waals surface area contributed by atoms with Gasteiger partial charge in [0.05, 0.1) is 19.2 Å². The molecule has 0 saturated heterocycles. The Hall–Kier alpha value is -2.49. The van der Waals surface area contributed by atoms with Crippen LogP contribution in [0.25, 0.3) is 0 Å². The Morgan fingerprint density at radius 1 is 1.17 bits per heavy atom. The summed E-state index contributed by atoms with van der Waals surface area (Å²) in [4.78, 5) is 13.7. The number of ether oxygens (including phenoxy) is 1. The molecule has 3 rings (SSSR count). The zero-order chi connectivity index (χ0) is 16.4. The second kappa shape index (κ2) is 6.32. The SMILES string of the molecule is COc1ccc([C@@H]2C[C@H](N(C)C(C)=O)c3ccccc3N2)cc1. The number of hydrogen-bond acceptors (Lipinski definition) is 3. The first-order chi connectivity index (χ1) is 11.1. The van der Waals surface area contributed by atoms with Crippen LogP contribution < -0.4 is 10.1 Å². The third kappa shape index (κ3) is 3.02. The number of amides is 1. The van der Waals surface area contributed by atoms with Crippen molar-refractivity contribution in [2.24, 2.45) is 0 Å². The number of carbonyl (C=O) groups excluding carboxylic acids is 1. The number of hydrogen-bond donors (Lipinski definition) is 1. The summed E-state index contributed by atoms with van der Waals surface area (Å²) in [5.74, 6) is 0.933. The highest BCUT2D eigenvalue weighted by atomic mass is 16.5. The Balaban J connectivity index is 1.94. The van der Waals surface area contributed by atoms with Crippen LogP contribution in [0.3, 0.4) is 0 Å². The van der Waals surface area contributed by atoms with Crippen LogP contribution in [0.15, 0.2) is 48.5 Å². The van der Waals surface area contributed by atoms with E-state index in [4.69, 9.17) is 4.74 Å². The molecule has 4 nitrogen and oxygen atoms in total. The molecule has 23 heavy (non-hydrogen) atoms. The lowest BCUT2D eigenvalue weighted by Gasteiger charge is -2.38. The van der Waals surface area contributed by atoms with Gasteiger partial charge in [0.15, 0.2) is 0 Å².